The number of aldehydes is 1. The Labute approximate surface area is 245 Å². The molecule has 4 amide bonds. The highest BCUT2D eigenvalue weighted by molar-refractivity contribution is 6.10. The number of amides is 4. The lowest BCUT2D eigenvalue weighted by molar-refractivity contribution is -0.128. The van der Waals surface area contributed by atoms with E-state index in [2.05, 4.69) is 10.6 Å². The van der Waals surface area contributed by atoms with Crippen LogP contribution in [0.3, 0.4) is 0 Å². The number of fused-ring (bicyclic) bond motifs is 1. The molecule has 4 rings (SSSR count). The van der Waals surface area contributed by atoms with E-state index in [4.69, 9.17) is 0 Å². The number of benzene rings is 3. The lowest BCUT2D eigenvalue weighted by atomic mass is 10.1. The van der Waals surface area contributed by atoms with E-state index in [9.17, 15) is 24.0 Å². The van der Waals surface area contributed by atoms with E-state index < -0.39 is 23.9 Å². The average molecular weight is 569 g/mol. The van der Waals surface area contributed by atoms with Crippen LogP contribution in [0.15, 0.2) is 84.9 Å². The van der Waals surface area contributed by atoms with Gasteiger partial charge in [-0.1, -0.05) is 79.7 Å². The van der Waals surface area contributed by atoms with Crippen molar-refractivity contribution in [2.45, 2.75) is 51.1 Å². The van der Waals surface area contributed by atoms with Gasteiger partial charge in [-0.15, -0.1) is 0 Å². The maximum absolute atomic E-state index is 13.9. The summed E-state index contributed by atoms with van der Waals surface area (Å²) in [6.07, 6.45) is 2.41. The second-order valence-corrected chi connectivity index (χ2v) is 10.2. The predicted octanol–water partition coefficient (Wildman–Crippen LogP) is 3.21. The minimum Gasteiger partial charge on any atom is -0.345 e. The molecule has 3 aromatic carbocycles. The van der Waals surface area contributed by atoms with E-state index in [1.165, 1.54) is 9.80 Å². The molecule has 0 unspecified atom stereocenters. The fourth-order valence-electron chi connectivity index (χ4n) is 4.92. The first-order valence-corrected chi connectivity index (χ1v) is 14.2. The molecule has 1 heterocycles. The predicted molar refractivity (Wildman–Crippen MR) is 161 cm³/mol. The van der Waals surface area contributed by atoms with Crippen LogP contribution < -0.4 is 20.4 Å². The van der Waals surface area contributed by atoms with Crippen LogP contribution in [0.1, 0.15) is 37.3 Å². The highest BCUT2D eigenvalue weighted by Gasteiger charge is 2.37. The third-order valence-electron chi connectivity index (χ3n) is 7.23. The topological polar surface area (TPSA) is 116 Å². The van der Waals surface area contributed by atoms with Crippen LogP contribution in [0, 0.1) is 0 Å². The van der Waals surface area contributed by atoms with Crippen molar-refractivity contribution in [2.24, 2.45) is 0 Å². The van der Waals surface area contributed by atoms with Gasteiger partial charge in [0.2, 0.25) is 17.7 Å². The number of hydrogen-bond acceptors (Lipinski definition) is 5. The van der Waals surface area contributed by atoms with Gasteiger partial charge in [0.05, 0.1) is 24.0 Å². The Balaban J connectivity index is 1.60. The summed E-state index contributed by atoms with van der Waals surface area (Å²) in [5.41, 5.74) is 2.85. The van der Waals surface area contributed by atoms with E-state index in [-0.39, 0.29) is 37.7 Å². The maximum atomic E-state index is 13.9. The molecule has 1 aliphatic rings. The monoisotopic (exact) mass is 568 g/mol. The molecule has 218 valence electrons. The molecular formula is C33H36N4O5. The second kappa shape index (κ2) is 14.7. The number of rotatable bonds is 12. The Kier molecular flexibility index (Phi) is 10.6. The van der Waals surface area contributed by atoms with Gasteiger partial charge in [-0.05, 0) is 42.5 Å². The number of aryl methyl sites for hydroxylation is 2. The van der Waals surface area contributed by atoms with Crippen molar-refractivity contribution in [3.8, 4) is 0 Å². The minimum absolute atomic E-state index is 0.0788. The number of nitrogens with zero attached hydrogens (tertiary/aromatic N) is 2. The summed E-state index contributed by atoms with van der Waals surface area (Å²) in [6.45, 7) is 1.32. The molecule has 2 atom stereocenters. The SMILES string of the molecule is CC[C@@H](C=O)NC(=O)CN1C(=O)[C@@H](NC(=O)CCc2ccccc2)CN(C(=O)CCc2ccccc2)c2ccccc21. The van der Waals surface area contributed by atoms with Gasteiger partial charge in [0, 0.05) is 12.8 Å². The van der Waals surface area contributed by atoms with E-state index in [1.807, 2.05) is 60.7 Å². The first kappa shape index (κ1) is 30.2. The van der Waals surface area contributed by atoms with Gasteiger partial charge in [0.25, 0.3) is 5.91 Å². The second-order valence-electron chi connectivity index (χ2n) is 10.2. The zero-order valence-electron chi connectivity index (χ0n) is 23.7. The molecule has 0 spiro atoms. The summed E-state index contributed by atoms with van der Waals surface area (Å²) in [6, 6.07) is 24.3. The molecule has 0 aromatic heterocycles. The van der Waals surface area contributed by atoms with E-state index >= 15 is 0 Å². The highest BCUT2D eigenvalue weighted by atomic mass is 16.2. The van der Waals surface area contributed by atoms with Crippen molar-refractivity contribution in [1.29, 1.82) is 0 Å². The lowest BCUT2D eigenvalue weighted by Crippen LogP contribution is -2.54. The van der Waals surface area contributed by atoms with Gasteiger partial charge >= 0.3 is 0 Å². The number of para-hydroxylation sites is 2. The number of hydrogen-bond donors (Lipinski definition) is 2. The van der Waals surface area contributed by atoms with Gasteiger partial charge < -0.3 is 20.3 Å². The van der Waals surface area contributed by atoms with Crippen molar-refractivity contribution in [1.82, 2.24) is 10.6 Å². The summed E-state index contributed by atoms with van der Waals surface area (Å²) in [5, 5.41) is 5.46. The van der Waals surface area contributed by atoms with Gasteiger partial charge in [-0.25, -0.2) is 0 Å². The lowest BCUT2D eigenvalue weighted by Gasteiger charge is -2.25. The molecule has 0 saturated heterocycles. The minimum atomic E-state index is -1.08. The van der Waals surface area contributed by atoms with Crippen molar-refractivity contribution in [3.05, 3.63) is 96.1 Å². The van der Waals surface area contributed by atoms with Crippen LogP contribution in [-0.4, -0.2) is 55.1 Å². The number of carbonyl (C=O) groups is 5. The Morgan fingerprint density at radius 2 is 1.40 bits per heavy atom. The van der Waals surface area contributed by atoms with Gasteiger partial charge in [0.1, 0.15) is 18.9 Å². The van der Waals surface area contributed by atoms with Gasteiger partial charge in [-0.2, -0.15) is 0 Å². The van der Waals surface area contributed by atoms with Crippen molar-refractivity contribution < 1.29 is 24.0 Å². The van der Waals surface area contributed by atoms with E-state index in [0.717, 1.165) is 11.1 Å². The van der Waals surface area contributed by atoms with Gasteiger partial charge in [-0.3, -0.25) is 24.1 Å². The van der Waals surface area contributed by atoms with Crippen molar-refractivity contribution in [3.63, 3.8) is 0 Å². The molecule has 9 nitrogen and oxygen atoms in total. The van der Waals surface area contributed by atoms with Crippen LogP contribution in [0.5, 0.6) is 0 Å². The van der Waals surface area contributed by atoms with Crippen molar-refractivity contribution in [2.75, 3.05) is 22.9 Å². The Morgan fingerprint density at radius 1 is 0.833 bits per heavy atom. The molecule has 0 radical (unpaired) electrons. The fourth-order valence-corrected chi connectivity index (χ4v) is 4.92. The van der Waals surface area contributed by atoms with Crippen LogP contribution in [0.2, 0.25) is 0 Å². The number of carbonyl (C=O) groups excluding carboxylic acids is 5. The van der Waals surface area contributed by atoms with Crippen LogP contribution in [0.4, 0.5) is 11.4 Å². The molecule has 0 aliphatic carbocycles. The average Bonchev–Trinajstić information content (AvgIpc) is 3.13. The quantitative estimate of drug-likeness (QED) is 0.326. The van der Waals surface area contributed by atoms with E-state index in [1.54, 1.807) is 31.2 Å². The van der Waals surface area contributed by atoms with Crippen LogP contribution >= 0.6 is 0 Å². The molecule has 0 saturated carbocycles. The first-order valence-electron chi connectivity index (χ1n) is 14.2. The summed E-state index contributed by atoms with van der Waals surface area (Å²) in [7, 11) is 0. The molecule has 3 aromatic rings. The Morgan fingerprint density at radius 3 is 2.00 bits per heavy atom. The zero-order valence-corrected chi connectivity index (χ0v) is 23.7. The molecule has 2 N–H and O–H groups in total. The normalized spacial score (nSPS) is 15.3. The van der Waals surface area contributed by atoms with Crippen LogP contribution in [-0.2, 0) is 36.8 Å². The smallest absolute Gasteiger partial charge is 0.251 e. The largest absolute Gasteiger partial charge is 0.345 e. The zero-order chi connectivity index (χ0) is 29.9. The fraction of sp³-hybridized carbons (Fsp3) is 0.303. The summed E-state index contributed by atoms with van der Waals surface area (Å²) in [4.78, 5) is 67.7. The third-order valence-corrected chi connectivity index (χ3v) is 7.23. The number of anilines is 2. The molecule has 9 heteroatoms. The Hall–Kier alpha value is -4.79. The van der Waals surface area contributed by atoms with Gasteiger partial charge in [0.15, 0.2) is 0 Å². The molecular weight excluding hydrogens is 532 g/mol. The van der Waals surface area contributed by atoms with E-state index in [0.29, 0.717) is 36.9 Å². The Bertz CT molecular complexity index is 1400. The van der Waals surface area contributed by atoms with Crippen LogP contribution in [0.25, 0.3) is 0 Å². The molecule has 0 fully saturated rings. The first-order chi connectivity index (χ1) is 20.4. The number of nitrogens with one attached hydrogen (secondary N) is 2. The molecule has 0 bridgehead atoms. The molecule has 1 aliphatic heterocycles. The summed E-state index contributed by atoms with van der Waals surface area (Å²) >= 11 is 0. The standard InChI is InChI=1S/C33H36N4O5/c1-2-26(23-38)34-31(40)22-37-29-16-10-9-15-28(29)36(32(41)20-18-25-13-7-4-8-14-25)21-27(33(37)42)35-30(39)19-17-24-11-5-3-6-12-24/h3-16,23,26-27H,2,17-22H2,1H3,(H,34,40)(H,35,39)/t26-,27-/m0/s1. The van der Waals surface area contributed by atoms with Crippen molar-refractivity contribution >= 4 is 41.3 Å². The molecule has 42 heavy (non-hydrogen) atoms. The summed E-state index contributed by atoms with van der Waals surface area (Å²) < 4.78 is 0. The maximum Gasteiger partial charge on any atom is 0.251 e. The summed E-state index contributed by atoms with van der Waals surface area (Å²) in [5.74, 6) is -1.57. The third kappa shape index (κ3) is 7.90. The highest BCUT2D eigenvalue weighted by Crippen LogP contribution is 2.33.